The highest BCUT2D eigenvalue weighted by atomic mass is 35.5. The molecule has 1 aromatic carbocycles. The minimum Gasteiger partial charge on any atom is -0.444 e. The number of hydrogen-bond donors (Lipinski definition) is 1. The second-order valence-electron chi connectivity index (χ2n) is 6.92. The monoisotopic (exact) mass is 385 g/mol. The van der Waals surface area contributed by atoms with Gasteiger partial charge in [-0.15, -0.1) is 0 Å². The fourth-order valence-corrected chi connectivity index (χ4v) is 2.70. The second-order valence-corrected chi connectivity index (χ2v) is 7.30. The molecule has 1 saturated heterocycles. The molecule has 0 aliphatic carbocycles. The van der Waals surface area contributed by atoms with Gasteiger partial charge in [0.1, 0.15) is 22.5 Å². The van der Waals surface area contributed by atoms with E-state index in [0.717, 1.165) is 17.0 Å². The zero-order chi connectivity index (χ0) is 19.6. The lowest BCUT2D eigenvalue weighted by Crippen LogP contribution is -2.45. The van der Waals surface area contributed by atoms with Crippen LogP contribution in [-0.4, -0.2) is 35.1 Å². The summed E-state index contributed by atoms with van der Waals surface area (Å²) in [5.41, 5.74) is -1.09. The number of carbonyl (C=O) groups excluding carboxylic acids is 2. The molecule has 26 heavy (non-hydrogen) atoms. The number of nitrogens with one attached hydrogen (secondary N) is 1. The first kappa shape index (κ1) is 19.9. The molecule has 1 aliphatic heterocycles. The van der Waals surface area contributed by atoms with Gasteiger partial charge in [0, 0.05) is 6.54 Å². The molecular weight excluding hydrogens is 368 g/mol. The van der Waals surface area contributed by atoms with Crippen molar-refractivity contribution in [2.75, 3.05) is 11.9 Å². The van der Waals surface area contributed by atoms with E-state index < -0.39 is 46.2 Å². The number of benzene rings is 1. The molecule has 140 valence electrons. The van der Waals surface area contributed by atoms with E-state index in [1.54, 1.807) is 20.8 Å². The molecule has 0 saturated carbocycles. The number of amides is 2. The van der Waals surface area contributed by atoms with Crippen LogP contribution < -0.4 is 5.32 Å². The Morgan fingerprint density at radius 1 is 1.38 bits per heavy atom. The third-order valence-corrected chi connectivity index (χ3v) is 4.05. The van der Waals surface area contributed by atoms with E-state index in [1.165, 1.54) is 0 Å². The van der Waals surface area contributed by atoms with E-state index in [9.17, 15) is 18.4 Å². The smallest absolute Gasteiger partial charge is 0.411 e. The molecule has 2 atom stereocenters. The average molecular weight is 386 g/mol. The number of nitrogens with zero attached hydrogens (tertiary/aromatic N) is 2. The van der Waals surface area contributed by atoms with Crippen LogP contribution in [0.4, 0.5) is 19.3 Å². The van der Waals surface area contributed by atoms with Gasteiger partial charge in [0.25, 0.3) is 0 Å². The third kappa shape index (κ3) is 4.41. The molecule has 9 heteroatoms. The fourth-order valence-electron chi connectivity index (χ4n) is 2.54. The van der Waals surface area contributed by atoms with Crippen LogP contribution in [0, 0.1) is 28.9 Å². The number of hydrogen-bond acceptors (Lipinski definition) is 4. The molecule has 1 N–H and O–H groups in total. The lowest BCUT2D eigenvalue weighted by Gasteiger charge is -2.28. The van der Waals surface area contributed by atoms with Crippen molar-refractivity contribution in [2.24, 2.45) is 5.92 Å². The quantitative estimate of drug-likeness (QED) is 0.787. The van der Waals surface area contributed by atoms with Crippen molar-refractivity contribution >= 4 is 29.3 Å². The van der Waals surface area contributed by atoms with Crippen LogP contribution >= 0.6 is 11.6 Å². The van der Waals surface area contributed by atoms with Crippen LogP contribution in [0.5, 0.6) is 0 Å². The number of rotatable bonds is 2. The molecule has 1 heterocycles. The van der Waals surface area contributed by atoms with Gasteiger partial charge in [0.2, 0.25) is 5.91 Å². The van der Waals surface area contributed by atoms with E-state index in [-0.39, 0.29) is 18.7 Å². The molecule has 6 nitrogen and oxygen atoms in total. The largest absolute Gasteiger partial charge is 0.444 e. The standard InChI is InChI=1S/C17H18ClF2N3O3/c1-17(2,3)26-16(25)23-8-9(7-21)6-12(23)15(24)22-11-5-4-10(19)13(18)14(11)20/h4-5,9,12H,6,8H2,1-3H3,(H,22,24)/t9-,12+/m1/s1. The van der Waals surface area contributed by atoms with Gasteiger partial charge in [0.15, 0.2) is 5.82 Å². The van der Waals surface area contributed by atoms with Crippen molar-refractivity contribution in [2.45, 2.75) is 38.8 Å². The summed E-state index contributed by atoms with van der Waals surface area (Å²) in [6, 6.07) is 2.94. The van der Waals surface area contributed by atoms with E-state index in [4.69, 9.17) is 21.6 Å². The Morgan fingerprint density at radius 2 is 2.04 bits per heavy atom. The zero-order valence-corrected chi connectivity index (χ0v) is 15.2. The Labute approximate surface area is 154 Å². The Hall–Kier alpha value is -2.40. The molecule has 2 amide bonds. The Morgan fingerprint density at radius 3 is 2.62 bits per heavy atom. The van der Waals surface area contributed by atoms with Gasteiger partial charge in [0.05, 0.1) is 17.7 Å². The third-order valence-electron chi connectivity index (χ3n) is 3.71. The van der Waals surface area contributed by atoms with Crippen LogP contribution in [0.25, 0.3) is 0 Å². The number of nitriles is 1. The predicted molar refractivity (Wildman–Crippen MR) is 90.4 cm³/mol. The van der Waals surface area contributed by atoms with Crippen LogP contribution in [0.1, 0.15) is 27.2 Å². The first-order chi connectivity index (χ1) is 12.0. The normalized spacial score (nSPS) is 19.8. The molecule has 0 aromatic heterocycles. The summed E-state index contributed by atoms with van der Waals surface area (Å²) in [6.45, 7) is 5.05. The van der Waals surface area contributed by atoms with Gasteiger partial charge in [-0.2, -0.15) is 5.26 Å². The van der Waals surface area contributed by atoms with Crippen molar-refractivity contribution in [1.29, 1.82) is 5.26 Å². The summed E-state index contributed by atoms with van der Waals surface area (Å²) in [5.74, 6) is -3.34. The average Bonchev–Trinajstić information content (AvgIpc) is 2.98. The first-order valence-electron chi connectivity index (χ1n) is 7.87. The van der Waals surface area contributed by atoms with Gasteiger partial charge >= 0.3 is 6.09 Å². The van der Waals surface area contributed by atoms with Crippen molar-refractivity contribution in [3.8, 4) is 6.07 Å². The molecule has 0 radical (unpaired) electrons. The first-order valence-corrected chi connectivity index (χ1v) is 8.25. The van der Waals surface area contributed by atoms with E-state index >= 15 is 0 Å². The molecular formula is C17H18ClF2N3O3. The molecule has 1 fully saturated rings. The minimum absolute atomic E-state index is 0.0240. The molecule has 0 bridgehead atoms. The Bertz CT molecular complexity index is 774. The maximum Gasteiger partial charge on any atom is 0.411 e. The minimum atomic E-state index is -1.11. The number of halogens is 3. The van der Waals surface area contributed by atoms with Crippen LogP contribution in [0.3, 0.4) is 0 Å². The SMILES string of the molecule is CC(C)(C)OC(=O)N1C[C@@H](C#N)C[C@H]1C(=O)Nc1ccc(F)c(Cl)c1F. The predicted octanol–water partition coefficient (Wildman–Crippen LogP) is 3.71. The molecule has 1 aliphatic rings. The van der Waals surface area contributed by atoms with Crippen LogP contribution in [0.15, 0.2) is 12.1 Å². The fraction of sp³-hybridized carbons (Fsp3) is 0.471. The van der Waals surface area contributed by atoms with Gasteiger partial charge in [-0.3, -0.25) is 9.69 Å². The summed E-state index contributed by atoms with van der Waals surface area (Å²) in [5, 5.41) is 10.7. The lowest BCUT2D eigenvalue weighted by molar-refractivity contribution is -0.120. The summed E-state index contributed by atoms with van der Waals surface area (Å²) < 4.78 is 32.5. The highest BCUT2D eigenvalue weighted by Gasteiger charge is 2.41. The van der Waals surface area contributed by atoms with Crippen molar-refractivity contribution in [3.05, 3.63) is 28.8 Å². The number of likely N-dealkylation sites (tertiary alicyclic amines) is 1. The Balaban J connectivity index is 2.21. The number of ether oxygens (including phenoxy) is 1. The summed E-state index contributed by atoms with van der Waals surface area (Å²) in [4.78, 5) is 26.0. The lowest BCUT2D eigenvalue weighted by atomic mass is 10.1. The van der Waals surface area contributed by atoms with Gasteiger partial charge in [-0.05, 0) is 39.3 Å². The van der Waals surface area contributed by atoms with E-state index in [1.807, 2.05) is 6.07 Å². The number of anilines is 1. The summed E-state index contributed by atoms with van der Waals surface area (Å²) >= 11 is 5.49. The Kier molecular flexibility index (Phi) is 5.71. The summed E-state index contributed by atoms with van der Waals surface area (Å²) in [7, 11) is 0. The maximum absolute atomic E-state index is 14.0. The van der Waals surface area contributed by atoms with E-state index in [0.29, 0.717) is 0 Å². The second kappa shape index (κ2) is 7.46. The van der Waals surface area contributed by atoms with Crippen molar-refractivity contribution in [3.63, 3.8) is 0 Å². The van der Waals surface area contributed by atoms with Crippen LogP contribution in [0.2, 0.25) is 5.02 Å². The molecule has 0 spiro atoms. The van der Waals surface area contributed by atoms with Gasteiger partial charge in [-0.25, -0.2) is 13.6 Å². The highest BCUT2D eigenvalue weighted by molar-refractivity contribution is 6.31. The van der Waals surface area contributed by atoms with Crippen molar-refractivity contribution in [1.82, 2.24) is 4.90 Å². The van der Waals surface area contributed by atoms with Gasteiger partial charge < -0.3 is 10.1 Å². The maximum atomic E-state index is 14.0. The topological polar surface area (TPSA) is 82.4 Å². The number of carbonyl (C=O) groups is 2. The van der Waals surface area contributed by atoms with Crippen molar-refractivity contribution < 1.29 is 23.1 Å². The van der Waals surface area contributed by atoms with Crippen LogP contribution in [-0.2, 0) is 9.53 Å². The molecule has 0 unspecified atom stereocenters. The molecule has 2 rings (SSSR count). The molecule has 1 aromatic rings. The summed E-state index contributed by atoms with van der Waals surface area (Å²) in [6.07, 6.45) is -0.661. The van der Waals surface area contributed by atoms with E-state index in [2.05, 4.69) is 5.32 Å². The van der Waals surface area contributed by atoms with Gasteiger partial charge in [-0.1, -0.05) is 11.6 Å². The highest BCUT2D eigenvalue weighted by Crippen LogP contribution is 2.29. The zero-order valence-electron chi connectivity index (χ0n) is 14.5.